The van der Waals surface area contributed by atoms with E-state index in [-0.39, 0.29) is 37.0 Å². The zero-order chi connectivity index (χ0) is 11.8. The maximum absolute atomic E-state index is 12.0. The van der Waals surface area contributed by atoms with E-state index < -0.39 is 0 Å². The second kappa shape index (κ2) is 5.26. The number of hydrogen-bond donors (Lipinski definition) is 1. The molecule has 94 valence electrons. The van der Waals surface area contributed by atoms with E-state index in [0.717, 1.165) is 12.8 Å². The van der Waals surface area contributed by atoms with Gasteiger partial charge in [0, 0.05) is 0 Å². The Morgan fingerprint density at radius 2 is 2.06 bits per heavy atom. The molecule has 1 aliphatic heterocycles. The second-order valence-electron chi connectivity index (χ2n) is 4.87. The van der Waals surface area contributed by atoms with Gasteiger partial charge in [0.05, 0.1) is 0 Å². The molecule has 2 fully saturated rings. The van der Waals surface area contributed by atoms with Gasteiger partial charge in [-0.05, 0) is 0 Å². The zero-order valence-electron chi connectivity index (χ0n) is 9.63. The van der Waals surface area contributed by atoms with Gasteiger partial charge in [-0.2, -0.15) is 0 Å². The molecule has 0 bridgehead atoms. The number of rotatable bonds is 4. The van der Waals surface area contributed by atoms with Crippen LogP contribution in [0.2, 0.25) is 0 Å². The van der Waals surface area contributed by atoms with Crippen LogP contribution in [0.15, 0.2) is 0 Å². The van der Waals surface area contributed by atoms with E-state index in [1.54, 1.807) is 0 Å². The van der Waals surface area contributed by atoms with Gasteiger partial charge in [-0.1, -0.05) is 0 Å². The van der Waals surface area contributed by atoms with E-state index >= 15 is 0 Å². The van der Waals surface area contributed by atoms with Gasteiger partial charge < -0.3 is 0 Å². The van der Waals surface area contributed by atoms with Gasteiger partial charge in [0.1, 0.15) is 0 Å². The third-order valence-corrected chi connectivity index (χ3v) is 8.19. The van der Waals surface area contributed by atoms with Crippen molar-refractivity contribution in [2.24, 2.45) is 5.92 Å². The summed E-state index contributed by atoms with van der Waals surface area (Å²) in [6.07, 6.45) is 4.50. The van der Waals surface area contributed by atoms with Crippen molar-refractivity contribution in [2.45, 2.75) is 53.1 Å². The summed E-state index contributed by atoms with van der Waals surface area (Å²) in [6, 6.07) is 0. The van der Waals surface area contributed by atoms with Crippen LogP contribution in [0, 0.1) is 5.92 Å². The van der Waals surface area contributed by atoms with E-state index in [9.17, 15) is 4.79 Å². The summed E-state index contributed by atoms with van der Waals surface area (Å²) in [5, 5.41) is 0. The fourth-order valence-electron chi connectivity index (χ4n) is 2.29. The Labute approximate surface area is 121 Å². The monoisotopic (exact) mass is 450 g/mol. The SMILES string of the molecule is CC(C)C1(OC(=O)C(I)C2N[I-]2)CCCC1. The molecule has 2 rings (SSSR count). The van der Waals surface area contributed by atoms with Crippen molar-refractivity contribution in [3.05, 3.63) is 0 Å². The van der Waals surface area contributed by atoms with E-state index in [0.29, 0.717) is 9.97 Å². The van der Waals surface area contributed by atoms with Crippen LogP contribution in [-0.4, -0.2) is 19.5 Å². The Bertz CT molecular complexity index is 273. The van der Waals surface area contributed by atoms with Crippen molar-refractivity contribution in [3.63, 3.8) is 0 Å². The van der Waals surface area contributed by atoms with Crippen LogP contribution >= 0.6 is 22.6 Å². The van der Waals surface area contributed by atoms with Crippen molar-refractivity contribution < 1.29 is 31.0 Å². The summed E-state index contributed by atoms with van der Waals surface area (Å²) in [6.45, 7) is 4.34. The molecule has 2 unspecified atom stereocenters. The third kappa shape index (κ3) is 2.82. The number of esters is 1. The number of hydrogen-bond acceptors (Lipinski definition) is 3. The Morgan fingerprint density at radius 3 is 2.50 bits per heavy atom. The third-order valence-electron chi connectivity index (χ3n) is 3.52. The molecule has 0 spiro atoms. The standard InChI is InChI=1S/C11H18I2NO2/c1-7(2)11(5-3-4-6-11)16-10(15)8(12)9-13-14-9/h7-9,14H,3-6H2,1-2H3/q-1. The molecule has 0 radical (unpaired) electrons. The van der Waals surface area contributed by atoms with Crippen molar-refractivity contribution in [2.75, 3.05) is 0 Å². The summed E-state index contributed by atoms with van der Waals surface area (Å²) >= 11 is 2.32. The molecule has 0 aromatic heterocycles. The first-order valence-electron chi connectivity index (χ1n) is 5.80. The van der Waals surface area contributed by atoms with Gasteiger partial charge >= 0.3 is 122 Å². The van der Waals surface area contributed by atoms with Gasteiger partial charge in [0.2, 0.25) is 0 Å². The molecule has 2 aliphatic rings. The van der Waals surface area contributed by atoms with Crippen LogP contribution in [0.3, 0.4) is 0 Å². The van der Waals surface area contributed by atoms with Gasteiger partial charge in [-0.3, -0.25) is 0 Å². The normalized spacial score (nSPS) is 29.6. The molecule has 16 heavy (non-hydrogen) atoms. The first kappa shape index (κ1) is 13.3. The number of ether oxygens (including phenoxy) is 1. The summed E-state index contributed by atoms with van der Waals surface area (Å²) in [7, 11) is 0. The van der Waals surface area contributed by atoms with Crippen LogP contribution in [-0.2, 0) is 9.53 Å². The molecule has 2 atom stereocenters. The molecule has 5 heteroatoms. The Kier molecular flexibility index (Phi) is 4.38. The fourth-order valence-corrected chi connectivity index (χ4v) is 5.38. The van der Waals surface area contributed by atoms with Crippen LogP contribution in [0.25, 0.3) is 0 Å². The molecule has 1 saturated carbocycles. The minimum atomic E-state index is -0.159. The van der Waals surface area contributed by atoms with Gasteiger partial charge in [0.15, 0.2) is 0 Å². The summed E-state index contributed by atoms with van der Waals surface area (Å²) in [5.41, 5.74) is -0.159. The van der Waals surface area contributed by atoms with Crippen LogP contribution in [0.4, 0.5) is 0 Å². The molecule has 1 N–H and O–H groups in total. The fraction of sp³-hybridized carbons (Fsp3) is 0.909. The van der Waals surface area contributed by atoms with Gasteiger partial charge in [0.25, 0.3) is 0 Å². The molecule has 0 aromatic rings. The molecule has 1 aliphatic carbocycles. The van der Waals surface area contributed by atoms with E-state index in [2.05, 4.69) is 40.0 Å². The van der Waals surface area contributed by atoms with Gasteiger partial charge in [-0.15, -0.1) is 0 Å². The molecule has 1 saturated heterocycles. The first-order chi connectivity index (χ1) is 7.55. The Balaban J connectivity index is 1.97. The number of nitrogens with one attached hydrogen (secondary N) is 1. The zero-order valence-corrected chi connectivity index (χ0v) is 13.9. The second-order valence-corrected chi connectivity index (χ2v) is 8.80. The van der Waals surface area contributed by atoms with Crippen molar-refractivity contribution >= 4 is 28.6 Å². The predicted molar refractivity (Wildman–Crippen MR) is 66.9 cm³/mol. The van der Waals surface area contributed by atoms with Crippen molar-refractivity contribution in [1.29, 1.82) is 0 Å². The molecular weight excluding hydrogens is 432 g/mol. The predicted octanol–water partition coefficient (Wildman–Crippen LogP) is -0.765. The molecule has 0 amide bonds. The van der Waals surface area contributed by atoms with Crippen molar-refractivity contribution in [1.82, 2.24) is 3.53 Å². The average molecular weight is 450 g/mol. The Hall–Kier alpha value is 0.890. The molecule has 3 nitrogen and oxygen atoms in total. The number of alkyl halides is 2. The average Bonchev–Trinajstić information content (AvgIpc) is 2.98. The number of carbonyl (C=O) groups is 1. The quantitative estimate of drug-likeness (QED) is 0.153. The van der Waals surface area contributed by atoms with E-state index in [1.165, 1.54) is 12.8 Å². The summed E-state index contributed by atoms with van der Waals surface area (Å²) in [4.78, 5) is 12.0. The molecule has 1 heterocycles. The molecule has 0 aromatic carbocycles. The van der Waals surface area contributed by atoms with Crippen molar-refractivity contribution in [3.8, 4) is 0 Å². The van der Waals surface area contributed by atoms with Crippen LogP contribution in [0.5, 0.6) is 0 Å². The van der Waals surface area contributed by atoms with E-state index in [1.807, 2.05) is 0 Å². The van der Waals surface area contributed by atoms with Crippen LogP contribution in [0.1, 0.15) is 39.5 Å². The maximum atomic E-state index is 12.0. The minimum absolute atomic E-state index is 0.00546. The van der Waals surface area contributed by atoms with Gasteiger partial charge in [-0.25, -0.2) is 0 Å². The van der Waals surface area contributed by atoms with E-state index in [4.69, 9.17) is 4.74 Å². The number of carbonyl (C=O) groups excluding carboxylic acids is 1. The summed E-state index contributed by atoms with van der Waals surface area (Å²) < 4.78 is 9.62. The Morgan fingerprint density at radius 1 is 1.50 bits per heavy atom. The summed E-state index contributed by atoms with van der Waals surface area (Å²) in [5.74, 6) is 0.440. The topological polar surface area (TPSA) is 48.2 Å². The van der Waals surface area contributed by atoms with Crippen LogP contribution < -0.4 is 25.0 Å². The molecular formula is C11H18I2NO2-. The first-order valence-corrected chi connectivity index (χ1v) is 9.37. The number of halogens is 2.